The minimum atomic E-state index is -0.437. The highest BCUT2D eigenvalue weighted by molar-refractivity contribution is 7.20. The number of nitrogens with one attached hydrogen (secondary N) is 1. The predicted molar refractivity (Wildman–Crippen MR) is 91.6 cm³/mol. The molecule has 130 valence electrons. The standard InChI is InChI=1S/C16H21N3O4S/c1-10-12-14(20)17-11(9-19-5-3-4-6-19)18-15(12)24-13(10)16(21)23-8-7-22-2/h3-9H2,1-2H3,(H,17,18,20). The summed E-state index contributed by atoms with van der Waals surface area (Å²) >= 11 is 1.21. The summed E-state index contributed by atoms with van der Waals surface area (Å²) in [6.45, 7) is 4.98. The molecule has 0 radical (unpaired) electrons. The summed E-state index contributed by atoms with van der Waals surface area (Å²) in [6.07, 6.45) is 2.37. The van der Waals surface area contributed by atoms with E-state index in [2.05, 4.69) is 14.9 Å². The fourth-order valence-electron chi connectivity index (χ4n) is 2.89. The third-order valence-corrected chi connectivity index (χ3v) is 5.29. The molecule has 3 heterocycles. The van der Waals surface area contributed by atoms with Gasteiger partial charge in [0.2, 0.25) is 0 Å². The number of rotatable bonds is 6. The quantitative estimate of drug-likeness (QED) is 0.630. The first-order valence-corrected chi connectivity index (χ1v) is 8.82. The van der Waals surface area contributed by atoms with Crippen LogP contribution in [-0.4, -0.2) is 54.3 Å². The molecule has 0 spiro atoms. The number of carbonyl (C=O) groups is 1. The number of hydrogen-bond donors (Lipinski definition) is 1. The minimum absolute atomic E-state index is 0.188. The molecule has 1 fully saturated rings. The number of aromatic nitrogens is 2. The molecule has 0 saturated carbocycles. The van der Waals surface area contributed by atoms with Gasteiger partial charge >= 0.3 is 5.97 Å². The number of aromatic amines is 1. The van der Waals surface area contributed by atoms with E-state index in [9.17, 15) is 9.59 Å². The molecule has 1 aliphatic heterocycles. The van der Waals surface area contributed by atoms with E-state index in [1.165, 1.54) is 24.2 Å². The Morgan fingerprint density at radius 3 is 2.79 bits per heavy atom. The van der Waals surface area contributed by atoms with Crippen LogP contribution in [0, 0.1) is 6.92 Å². The zero-order valence-corrected chi connectivity index (χ0v) is 14.7. The third kappa shape index (κ3) is 3.50. The molecule has 1 aliphatic rings. The first kappa shape index (κ1) is 17.1. The molecule has 1 N–H and O–H groups in total. The van der Waals surface area contributed by atoms with Crippen molar-refractivity contribution in [1.82, 2.24) is 14.9 Å². The minimum Gasteiger partial charge on any atom is -0.459 e. The predicted octanol–water partition coefficient (Wildman–Crippen LogP) is 1.69. The van der Waals surface area contributed by atoms with Crippen molar-refractivity contribution in [3.05, 3.63) is 26.6 Å². The molecular weight excluding hydrogens is 330 g/mol. The highest BCUT2D eigenvalue weighted by atomic mass is 32.1. The molecule has 24 heavy (non-hydrogen) atoms. The summed E-state index contributed by atoms with van der Waals surface area (Å²) in [6, 6.07) is 0. The Hall–Kier alpha value is -1.77. The van der Waals surface area contributed by atoms with E-state index < -0.39 is 5.97 Å². The fourth-order valence-corrected chi connectivity index (χ4v) is 3.99. The number of esters is 1. The fraction of sp³-hybridized carbons (Fsp3) is 0.562. The lowest BCUT2D eigenvalue weighted by atomic mass is 10.2. The van der Waals surface area contributed by atoms with Crippen molar-refractivity contribution in [2.24, 2.45) is 0 Å². The second-order valence-electron chi connectivity index (χ2n) is 5.86. The number of fused-ring (bicyclic) bond motifs is 1. The van der Waals surface area contributed by atoms with Gasteiger partial charge in [0.05, 0.1) is 18.5 Å². The monoisotopic (exact) mass is 351 g/mol. The third-order valence-electron chi connectivity index (χ3n) is 4.13. The van der Waals surface area contributed by atoms with Crippen LogP contribution in [0.3, 0.4) is 0 Å². The van der Waals surface area contributed by atoms with Crippen molar-refractivity contribution in [2.75, 3.05) is 33.4 Å². The number of aryl methyl sites for hydroxylation is 1. The van der Waals surface area contributed by atoms with Crippen molar-refractivity contribution in [3.8, 4) is 0 Å². The van der Waals surface area contributed by atoms with Crippen LogP contribution >= 0.6 is 11.3 Å². The van der Waals surface area contributed by atoms with Crippen molar-refractivity contribution in [3.63, 3.8) is 0 Å². The van der Waals surface area contributed by atoms with Gasteiger partial charge in [-0.15, -0.1) is 11.3 Å². The smallest absolute Gasteiger partial charge is 0.348 e. The Kier molecular flexibility index (Phi) is 5.27. The van der Waals surface area contributed by atoms with Crippen LogP contribution in [0.25, 0.3) is 10.2 Å². The van der Waals surface area contributed by atoms with Gasteiger partial charge in [0.1, 0.15) is 22.1 Å². The molecule has 2 aromatic heterocycles. The van der Waals surface area contributed by atoms with Gasteiger partial charge in [-0.25, -0.2) is 9.78 Å². The summed E-state index contributed by atoms with van der Waals surface area (Å²) < 4.78 is 10.0. The number of carbonyl (C=O) groups excluding carboxylic acids is 1. The van der Waals surface area contributed by atoms with E-state index in [1.54, 1.807) is 14.0 Å². The van der Waals surface area contributed by atoms with E-state index in [0.29, 0.717) is 39.6 Å². The average Bonchev–Trinajstić information content (AvgIpc) is 3.15. The number of thiophene rings is 1. The lowest BCUT2D eigenvalue weighted by molar-refractivity contribution is 0.0393. The SMILES string of the molecule is COCCOC(=O)c1sc2nc(CN3CCCC3)[nH]c(=O)c2c1C. The second kappa shape index (κ2) is 7.42. The van der Waals surface area contributed by atoms with E-state index in [-0.39, 0.29) is 12.2 Å². The largest absolute Gasteiger partial charge is 0.459 e. The van der Waals surface area contributed by atoms with Crippen LogP contribution < -0.4 is 5.56 Å². The van der Waals surface area contributed by atoms with Crippen LogP contribution in [-0.2, 0) is 16.0 Å². The lowest BCUT2D eigenvalue weighted by Crippen LogP contribution is -2.22. The number of ether oxygens (including phenoxy) is 2. The first-order chi connectivity index (χ1) is 11.6. The Morgan fingerprint density at radius 1 is 1.33 bits per heavy atom. The van der Waals surface area contributed by atoms with E-state index in [1.807, 2.05) is 0 Å². The maximum absolute atomic E-state index is 12.4. The Bertz CT molecular complexity index is 792. The van der Waals surface area contributed by atoms with E-state index in [0.717, 1.165) is 13.1 Å². The molecule has 8 heteroatoms. The molecule has 3 rings (SSSR count). The number of nitrogens with zero attached hydrogens (tertiary/aromatic N) is 2. The highest BCUT2D eigenvalue weighted by Crippen LogP contribution is 2.27. The van der Waals surface area contributed by atoms with Crippen molar-refractivity contribution < 1.29 is 14.3 Å². The topological polar surface area (TPSA) is 84.5 Å². The summed E-state index contributed by atoms with van der Waals surface area (Å²) in [5.74, 6) is 0.211. The van der Waals surface area contributed by atoms with E-state index in [4.69, 9.17) is 9.47 Å². The van der Waals surface area contributed by atoms with Gasteiger partial charge in [-0.3, -0.25) is 9.69 Å². The Morgan fingerprint density at radius 2 is 2.08 bits per heavy atom. The van der Waals surface area contributed by atoms with Crippen LogP contribution in [0.4, 0.5) is 0 Å². The summed E-state index contributed by atoms with van der Waals surface area (Å²) in [5.41, 5.74) is 0.428. The molecule has 1 saturated heterocycles. The zero-order chi connectivity index (χ0) is 17.1. The van der Waals surface area contributed by atoms with Crippen LogP contribution in [0.5, 0.6) is 0 Å². The molecule has 0 amide bonds. The van der Waals surface area contributed by atoms with Gasteiger partial charge in [-0.05, 0) is 38.4 Å². The Labute approximate surface area is 143 Å². The Balaban J connectivity index is 1.87. The van der Waals surface area contributed by atoms with Gasteiger partial charge in [-0.2, -0.15) is 0 Å². The first-order valence-electron chi connectivity index (χ1n) is 8.01. The van der Waals surface area contributed by atoms with Gasteiger partial charge in [-0.1, -0.05) is 0 Å². The number of hydrogen-bond acceptors (Lipinski definition) is 7. The molecule has 0 unspecified atom stereocenters. The van der Waals surface area contributed by atoms with Crippen LogP contribution in [0.15, 0.2) is 4.79 Å². The molecular formula is C16H21N3O4S. The molecule has 0 aliphatic carbocycles. The molecule has 7 nitrogen and oxygen atoms in total. The van der Waals surface area contributed by atoms with Crippen molar-refractivity contribution in [1.29, 1.82) is 0 Å². The molecule has 0 bridgehead atoms. The van der Waals surface area contributed by atoms with Gasteiger partial charge < -0.3 is 14.5 Å². The summed E-state index contributed by atoms with van der Waals surface area (Å²) in [7, 11) is 1.55. The maximum atomic E-state index is 12.4. The van der Waals surface area contributed by atoms with E-state index >= 15 is 0 Å². The van der Waals surface area contributed by atoms with Gasteiger partial charge in [0, 0.05) is 7.11 Å². The zero-order valence-electron chi connectivity index (χ0n) is 13.9. The second-order valence-corrected chi connectivity index (χ2v) is 6.86. The molecule has 0 atom stereocenters. The lowest BCUT2D eigenvalue weighted by Gasteiger charge is -2.13. The summed E-state index contributed by atoms with van der Waals surface area (Å²) in [5, 5.41) is 0.476. The number of likely N-dealkylation sites (tertiary alicyclic amines) is 1. The average molecular weight is 351 g/mol. The van der Waals surface area contributed by atoms with Gasteiger partial charge in [0.25, 0.3) is 5.56 Å². The molecule has 0 aromatic carbocycles. The number of methoxy groups -OCH3 is 1. The van der Waals surface area contributed by atoms with Gasteiger partial charge in [0.15, 0.2) is 0 Å². The summed E-state index contributed by atoms with van der Waals surface area (Å²) in [4.78, 5) is 35.3. The van der Waals surface area contributed by atoms with Crippen molar-refractivity contribution >= 4 is 27.5 Å². The highest BCUT2D eigenvalue weighted by Gasteiger charge is 2.21. The van der Waals surface area contributed by atoms with Crippen LogP contribution in [0.2, 0.25) is 0 Å². The maximum Gasteiger partial charge on any atom is 0.348 e. The normalized spacial score (nSPS) is 15.2. The van der Waals surface area contributed by atoms with Crippen molar-refractivity contribution in [2.45, 2.75) is 26.3 Å². The van der Waals surface area contributed by atoms with Crippen LogP contribution in [0.1, 0.15) is 33.9 Å². The molecule has 2 aromatic rings. The number of H-pyrrole nitrogens is 1.